The van der Waals surface area contributed by atoms with Crippen molar-refractivity contribution >= 4 is 17.8 Å². The van der Waals surface area contributed by atoms with Crippen molar-refractivity contribution in [2.45, 2.75) is 6.61 Å². The zero-order chi connectivity index (χ0) is 17.1. The first-order valence-corrected chi connectivity index (χ1v) is 7.16. The van der Waals surface area contributed by atoms with Crippen molar-refractivity contribution in [3.8, 4) is 0 Å². The molecule has 0 atom stereocenters. The van der Waals surface area contributed by atoms with Gasteiger partial charge in [0.25, 0.3) is 11.8 Å². The van der Waals surface area contributed by atoms with E-state index in [9.17, 15) is 19.5 Å². The molecule has 0 spiro atoms. The molecule has 0 aliphatic carbocycles. The van der Waals surface area contributed by atoms with Crippen LogP contribution in [-0.4, -0.2) is 27.8 Å². The Morgan fingerprint density at radius 3 is 2.04 bits per heavy atom. The van der Waals surface area contributed by atoms with E-state index in [0.29, 0.717) is 11.2 Å². The molecule has 0 radical (unpaired) electrons. The molecule has 1 heterocycles. The number of amides is 2. The van der Waals surface area contributed by atoms with Gasteiger partial charge in [-0.25, -0.2) is 9.69 Å². The molecule has 0 saturated heterocycles. The molecule has 0 bridgehead atoms. The molecule has 1 aliphatic heterocycles. The fourth-order valence-electron chi connectivity index (χ4n) is 2.41. The normalized spacial score (nSPS) is 13.8. The van der Waals surface area contributed by atoms with Crippen LogP contribution in [0.2, 0.25) is 0 Å². The predicted octanol–water partition coefficient (Wildman–Crippen LogP) is 2.43. The molecule has 24 heavy (non-hydrogen) atoms. The molecule has 3 rings (SSSR count). The monoisotopic (exact) mass is 323 g/mol. The van der Waals surface area contributed by atoms with E-state index in [-0.39, 0.29) is 17.7 Å². The van der Waals surface area contributed by atoms with Gasteiger partial charge in [0.15, 0.2) is 5.70 Å². The largest absolute Gasteiger partial charge is 0.513 e. The van der Waals surface area contributed by atoms with Gasteiger partial charge in [-0.3, -0.25) is 9.59 Å². The standard InChI is InChI=1S/C18H13NO5/c20-10-15(18(23)24-11-12-6-2-1-3-7-12)19-16(21)13-8-4-5-9-14(13)17(19)22/h1-10,20H,11H2. The van der Waals surface area contributed by atoms with Gasteiger partial charge in [0.05, 0.1) is 11.1 Å². The van der Waals surface area contributed by atoms with Gasteiger partial charge in [-0.05, 0) is 17.7 Å². The van der Waals surface area contributed by atoms with Crippen molar-refractivity contribution < 1.29 is 24.2 Å². The number of imide groups is 1. The Balaban J connectivity index is 1.79. The van der Waals surface area contributed by atoms with Crippen LogP contribution in [0.5, 0.6) is 0 Å². The Bertz CT molecular complexity index is 806. The number of fused-ring (bicyclic) bond motifs is 1. The minimum Gasteiger partial charge on any atom is -0.513 e. The maximum absolute atomic E-state index is 12.3. The van der Waals surface area contributed by atoms with Crippen LogP contribution in [0.15, 0.2) is 66.6 Å². The van der Waals surface area contributed by atoms with Crippen molar-refractivity contribution in [3.05, 3.63) is 83.2 Å². The van der Waals surface area contributed by atoms with E-state index in [4.69, 9.17) is 4.74 Å². The molecular formula is C18H13NO5. The van der Waals surface area contributed by atoms with Gasteiger partial charge in [0.1, 0.15) is 12.9 Å². The number of ether oxygens (including phenoxy) is 1. The van der Waals surface area contributed by atoms with Gasteiger partial charge in [-0.1, -0.05) is 42.5 Å². The van der Waals surface area contributed by atoms with E-state index in [1.807, 2.05) is 6.07 Å². The summed E-state index contributed by atoms with van der Waals surface area (Å²) in [6.45, 7) is -0.0415. The fraction of sp³-hybridized carbons (Fsp3) is 0.0556. The second kappa shape index (κ2) is 6.37. The zero-order valence-electron chi connectivity index (χ0n) is 12.5. The highest BCUT2D eigenvalue weighted by Gasteiger charge is 2.40. The number of carbonyl (C=O) groups excluding carboxylic acids is 3. The van der Waals surface area contributed by atoms with Gasteiger partial charge in [-0.2, -0.15) is 0 Å². The molecule has 2 amide bonds. The average Bonchev–Trinajstić information content (AvgIpc) is 2.87. The summed E-state index contributed by atoms with van der Waals surface area (Å²) in [5.74, 6) is -2.31. The smallest absolute Gasteiger partial charge is 0.359 e. The summed E-state index contributed by atoms with van der Waals surface area (Å²) in [7, 11) is 0. The highest BCUT2D eigenvalue weighted by Crippen LogP contribution is 2.26. The van der Waals surface area contributed by atoms with Crippen molar-refractivity contribution in [1.82, 2.24) is 4.90 Å². The Kier molecular flexibility index (Phi) is 4.11. The molecule has 2 aromatic carbocycles. The van der Waals surface area contributed by atoms with Crippen LogP contribution in [0.1, 0.15) is 26.3 Å². The van der Waals surface area contributed by atoms with E-state index in [0.717, 1.165) is 5.56 Å². The Morgan fingerprint density at radius 1 is 0.958 bits per heavy atom. The number of aliphatic hydroxyl groups is 1. The highest BCUT2D eigenvalue weighted by atomic mass is 16.5. The number of esters is 1. The molecule has 6 heteroatoms. The molecule has 1 N–H and O–H groups in total. The third-order valence-corrected chi connectivity index (χ3v) is 3.58. The van der Waals surface area contributed by atoms with Crippen LogP contribution < -0.4 is 0 Å². The number of rotatable bonds is 4. The second-order valence-electron chi connectivity index (χ2n) is 5.07. The number of nitrogens with zero attached hydrogens (tertiary/aromatic N) is 1. The third-order valence-electron chi connectivity index (χ3n) is 3.58. The molecule has 0 saturated carbocycles. The summed E-state index contributed by atoms with van der Waals surface area (Å²) in [6.07, 6.45) is 0.412. The van der Waals surface area contributed by atoms with Crippen LogP contribution in [0, 0.1) is 0 Å². The summed E-state index contributed by atoms with van der Waals surface area (Å²) in [4.78, 5) is 37.5. The summed E-state index contributed by atoms with van der Waals surface area (Å²) in [6, 6.07) is 15.1. The van der Waals surface area contributed by atoms with Crippen molar-refractivity contribution in [2.24, 2.45) is 0 Å². The topological polar surface area (TPSA) is 83.9 Å². The SMILES string of the molecule is O=C(OCc1ccccc1)C(=CO)N1C(=O)c2ccccc2C1=O. The Hall–Kier alpha value is -3.41. The van der Waals surface area contributed by atoms with E-state index < -0.39 is 23.5 Å². The van der Waals surface area contributed by atoms with Gasteiger partial charge in [0.2, 0.25) is 0 Å². The van der Waals surface area contributed by atoms with Crippen LogP contribution >= 0.6 is 0 Å². The average molecular weight is 323 g/mol. The summed E-state index contributed by atoms with van der Waals surface area (Å²) < 4.78 is 5.08. The van der Waals surface area contributed by atoms with Crippen molar-refractivity contribution in [2.75, 3.05) is 0 Å². The van der Waals surface area contributed by atoms with Crippen LogP contribution in [0.4, 0.5) is 0 Å². The quantitative estimate of drug-likeness (QED) is 0.404. The second-order valence-corrected chi connectivity index (χ2v) is 5.07. The van der Waals surface area contributed by atoms with Gasteiger partial charge in [-0.15, -0.1) is 0 Å². The van der Waals surface area contributed by atoms with E-state index in [1.54, 1.807) is 36.4 Å². The van der Waals surface area contributed by atoms with E-state index >= 15 is 0 Å². The highest BCUT2D eigenvalue weighted by molar-refractivity contribution is 6.24. The van der Waals surface area contributed by atoms with Gasteiger partial charge < -0.3 is 9.84 Å². The minimum atomic E-state index is -0.962. The molecule has 0 fully saturated rings. The van der Waals surface area contributed by atoms with Crippen LogP contribution in [0.3, 0.4) is 0 Å². The zero-order valence-corrected chi connectivity index (χ0v) is 12.5. The first kappa shape index (κ1) is 15.5. The third kappa shape index (κ3) is 2.65. The first-order chi connectivity index (χ1) is 11.6. The van der Waals surface area contributed by atoms with Crippen LogP contribution in [0.25, 0.3) is 0 Å². The Labute approximate surface area is 137 Å². The number of hydrogen-bond acceptors (Lipinski definition) is 5. The number of hydrogen-bond donors (Lipinski definition) is 1. The molecule has 0 aromatic heterocycles. The summed E-state index contributed by atoms with van der Waals surface area (Å²) >= 11 is 0. The minimum absolute atomic E-state index is 0.0415. The van der Waals surface area contributed by atoms with Crippen LogP contribution in [-0.2, 0) is 16.1 Å². The molecule has 0 unspecified atom stereocenters. The number of benzene rings is 2. The van der Waals surface area contributed by atoms with E-state index in [1.165, 1.54) is 12.1 Å². The lowest BCUT2D eigenvalue weighted by molar-refractivity contribution is -0.141. The number of aliphatic hydroxyl groups excluding tert-OH is 1. The lowest BCUT2D eigenvalue weighted by Crippen LogP contribution is -2.33. The maximum atomic E-state index is 12.3. The molecule has 1 aliphatic rings. The summed E-state index contributed by atoms with van der Waals surface area (Å²) in [5.41, 5.74) is 0.582. The Morgan fingerprint density at radius 2 is 1.50 bits per heavy atom. The maximum Gasteiger partial charge on any atom is 0.359 e. The molecule has 120 valence electrons. The molecule has 2 aromatic rings. The molecule has 6 nitrogen and oxygen atoms in total. The van der Waals surface area contributed by atoms with Gasteiger partial charge >= 0.3 is 5.97 Å². The molecular weight excluding hydrogens is 310 g/mol. The van der Waals surface area contributed by atoms with Gasteiger partial charge in [0, 0.05) is 0 Å². The summed E-state index contributed by atoms with van der Waals surface area (Å²) in [5, 5.41) is 9.36. The fourth-order valence-corrected chi connectivity index (χ4v) is 2.41. The van der Waals surface area contributed by atoms with E-state index in [2.05, 4.69) is 0 Å². The number of carbonyl (C=O) groups is 3. The van der Waals surface area contributed by atoms with Crippen molar-refractivity contribution in [1.29, 1.82) is 0 Å². The first-order valence-electron chi connectivity index (χ1n) is 7.16. The lowest BCUT2D eigenvalue weighted by atomic mass is 10.1. The lowest BCUT2D eigenvalue weighted by Gasteiger charge is -2.15. The van der Waals surface area contributed by atoms with Crippen molar-refractivity contribution in [3.63, 3.8) is 0 Å². The predicted molar refractivity (Wildman–Crippen MR) is 83.9 cm³/mol.